The van der Waals surface area contributed by atoms with Gasteiger partial charge in [-0.2, -0.15) is 5.21 Å². The van der Waals surface area contributed by atoms with Gasteiger partial charge in [0.15, 0.2) is 11.5 Å². The van der Waals surface area contributed by atoms with Gasteiger partial charge in [-0.15, -0.1) is 10.2 Å². The zero-order chi connectivity index (χ0) is 20.5. The molecule has 3 amide bonds. The minimum atomic E-state index is -0.595. The van der Waals surface area contributed by atoms with E-state index < -0.39 is 17.6 Å². The van der Waals surface area contributed by atoms with E-state index in [9.17, 15) is 14.4 Å². The molecule has 3 heterocycles. The van der Waals surface area contributed by atoms with Crippen LogP contribution in [0.15, 0.2) is 0 Å². The van der Waals surface area contributed by atoms with E-state index >= 15 is 0 Å². The van der Waals surface area contributed by atoms with Gasteiger partial charge < -0.3 is 19.9 Å². The van der Waals surface area contributed by atoms with Crippen LogP contribution >= 0.6 is 0 Å². The Hall–Kier alpha value is -2.65. The van der Waals surface area contributed by atoms with Crippen molar-refractivity contribution < 1.29 is 19.1 Å². The van der Waals surface area contributed by atoms with E-state index in [-0.39, 0.29) is 29.4 Å². The van der Waals surface area contributed by atoms with Gasteiger partial charge in [0.25, 0.3) is 5.91 Å². The molecule has 0 bridgehead atoms. The first-order valence-electron chi connectivity index (χ1n) is 9.68. The van der Waals surface area contributed by atoms with Crippen LogP contribution in [0.3, 0.4) is 0 Å². The predicted octanol–water partition coefficient (Wildman–Crippen LogP) is 1.62. The van der Waals surface area contributed by atoms with Crippen LogP contribution in [0.2, 0.25) is 0 Å². The summed E-state index contributed by atoms with van der Waals surface area (Å²) in [4.78, 5) is 40.9. The normalized spacial score (nSPS) is 22.4. The highest BCUT2D eigenvalue weighted by Gasteiger charge is 2.40. The highest BCUT2D eigenvalue weighted by molar-refractivity contribution is 6.02. The number of H-pyrrole nitrogens is 1. The second kappa shape index (κ2) is 7.76. The topological polar surface area (TPSA) is 121 Å². The van der Waals surface area contributed by atoms with Gasteiger partial charge in [0, 0.05) is 25.7 Å². The van der Waals surface area contributed by atoms with Crippen LogP contribution in [0.1, 0.15) is 57.4 Å². The van der Waals surface area contributed by atoms with E-state index in [1.807, 2.05) is 6.92 Å². The maximum Gasteiger partial charge on any atom is 0.410 e. The summed E-state index contributed by atoms with van der Waals surface area (Å²) in [6, 6.07) is -0.320. The molecule has 0 aliphatic carbocycles. The summed E-state index contributed by atoms with van der Waals surface area (Å²) >= 11 is 0. The van der Waals surface area contributed by atoms with Crippen LogP contribution in [0.4, 0.5) is 10.6 Å². The lowest BCUT2D eigenvalue weighted by Crippen LogP contribution is -2.42. The number of amides is 3. The largest absolute Gasteiger partial charge is 0.444 e. The van der Waals surface area contributed by atoms with Crippen molar-refractivity contribution in [2.45, 2.75) is 58.6 Å². The smallest absolute Gasteiger partial charge is 0.410 e. The molecule has 0 spiro atoms. The number of ether oxygens (including phenoxy) is 1. The molecule has 28 heavy (non-hydrogen) atoms. The number of carbonyl (C=O) groups excluding carboxylic acids is 3. The highest BCUT2D eigenvalue weighted by atomic mass is 16.6. The molecular weight excluding hydrogens is 364 g/mol. The molecule has 2 N–H and O–H groups in total. The first-order valence-corrected chi connectivity index (χ1v) is 9.68. The Morgan fingerprint density at radius 1 is 1.14 bits per heavy atom. The maximum atomic E-state index is 12.8. The third-order valence-corrected chi connectivity index (χ3v) is 5.11. The van der Waals surface area contributed by atoms with Crippen LogP contribution in [0.25, 0.3) is 0 Å². The summed E-state index contributed by atoms with van der Waals surface area (Å²) in [5, 5.41) is 13.0. The van der Waals surface area contributed by atoms with Crippen molar-refractivity contribution in [2.24, 2.45) is 5.92 Å². The fourth-order valence-electron chi connectivity index (χ4n) is 3.62. The van der Waals surface area contributed by atoms with Gasteiger partial charge in [0.1, 0.15) is 5.60 Å². The summed E-state index contributed by atoms with van der Waals surface area (Å²) in [6.07, 6.45) is 2.01. The predicted molar refractivity (Wildman–Crippen MR) is 101 cm³/mol. The van der Waals surface area contributed by atoms with E-state index in [1.165, 1.54) is 0 Å². The minimum Gasteiger partial charge on any atom is -0.444 e. The Morgan fingerprint density at radius 2 is 1.82 bits per heavy atom. The zero-order valence-electron chi connectivity index (χ0n) is 16.8. The van der Waals surface area contributed by atoms with Gasteiger partial charge in [0.2, 0.25) is 5.91 Å². The van der Waals surface area contributed by atoms with Crippen molar-refractivity contribution in [3.8, 4) is 0 Å². The molecule has 3 rings (SSSR count). The molecule has 2 unspecified atom stereocenters. The Bertz CT molecular complexity index is 750. The molecule has 10 nitrogen and oxygen atoms in total. The number of aromatic amines is 1. The summed E-state index contributed by atoms with van der Waals surface area (Å²) in [6.45, 7) is 9.04. The number of carbonyl (C=O) groups is 3. The Balaban J connectivity index is 1.64. The molecule has 2 fully saturated rings. The number of hydrogen-bond donors (Lipinski definition) is 2. The van der Waals surface area contributed by atoms with E-state index in [0.29, 0.717) is 26.1 Å². The number of rotatable bonds is 3. The van der Waals surface area contributed by atoms with Gasteiger partial charge in [-0.3, -0.25) is 9.59 Å². The first-order chi connectivity index (χ1) is 13.2. The zero-order valence-corrected chi connectivity index (χ0v) is 16.8. The Kier molecular flexibility index (Phi) is 5.57. The Morgan fingerprint density at radius 3 is 2.46 bits per heavy atom. The van der Waals surface area contributed by atoms with Crippen LogP contribution in [0.5, 0.6) is 0 Å². The first kappa shape index (κ1) is 20.1. The number of aromatic nitrogens is 3. The Labute approximate surface area is 164 Å². The standard InChI is InChI=1S/C18H28N6O4/c1-11-12(7-10-24(11)17(27)28-18(2,3)4)15(25)19-14-13(20-22-21-14)16(26)23-8-5-6-9-23/h11-12H,5-10H2,1-4H3,(H2,19,20,21,22,25). The quantitative estimate of drug-likeness (QED) is 0.806. The summed E-state index contributed by atoms with van der Waals surface area (Å²) in [5.41, 5.74) is -0.479. The maximum absolute atomic E-state index is 12.8. The fourth-order valence-corrected chi connectivity index (χ4v) is 3.62. The summed E-state index contributed by atoms with van der Waals surface area (Å²) < 4.78 is 5.41. The van der Waals surface area contributed by atoms with Crippen molar-refractivity contribution in [3.63, 3.8) is 0 Å². The average molecular weight is 392 g/mol. The van der Waals surface area contributed by atoms with Crippen LogP contribution in [-0.4, -0.2) is 74.4 Å². The van der Waals surface area contributed by atoms with E-state index in [4.69, 9.17) is 4.74 Å². The lowest BCUT2D eigenvalue weighted by molar-refractivity contribution is -0.120. The molecule has 0 aromatic carbocycles. The molecule has 1 aromatic rings. The van der Waals surface area contributed by atoms with Crippen LogP contribution in [0, 0.1) is 5.92 Å². The number of nitrogens with zero attached hydrogens (tertiary/aromatic N) is 4. The molecule has 154 valence electrons. The van der Waals surface area contributed by atoms with Crippen molar-refractivity contribution in [2.75, 3.05) is 25.0 Å². The van der Waals surface area contributed by atoms with Gasteiger partial charge in [0.05, 0.1) is 5.92 Å². The lowest BCUT2D eigenvalue weighted by Gasteiger charge is -2.28. The lowest BCUT2D eigenvalue weighted by atomic mass is 10.0. The summed E-state index contributed by atoms with van der Waals surface area (Å²) in [5.74, 6) is -0.817. The molecule has 10 heteroatoms. The summed E-state index contributed by atoms with van der Waals surface area (Å²) in [7, 11) is 0. The van der Waals surface area contributed by atoms with Crippen molar-refractivity contribution in [1.29, 1.82) is 0 Å². The SMILES string of the molecule is CC1C(C(=O)Nc2n[nH]nc2C(=O)N2CCCC2)CCN1C(=O)OC(C)(C)C. The fraction of sp³-hybridized carbons (Fsp3) is 0.722. The van der Waals surface area contributed by atoms with Gasteiger partial charge >= 0.3 is 6.09 Å². The second-order valence-electron chi connectivity index (χ2n) is 8.32. The molecule has 2 aliphatic rings. The second-order valence-corrected chi connectivity index (χ2v) is 8.32. The molecule has 1 aromatic heterocycles. The highest BCUT2D eigenvalue weighted by Crippen LogP contribution is 2.27. The van der Waals surface area contributed by atoms with E-state index in [2.05, 4.69) is 20.7 Å². The third-order valence-electron chi connectivity index (χ3n) is 5.11. The number of likely N-dealkylation sites (tertiary alicyclic amines) is 2. The van der Waals surface area contributed by atoms with Crippen molar-refractivity contribution in [3.05, 3.63) is 5.69 Å². The van der Waals surface area contributed by atoms with E-state index in [0.717, 1.165) is 12.8 Å². The molecule has 2 atom stereocenters. The molecule has 2 saturated heterocycles. The number of nitrogens with one attached hydrogen (secondary N) is 2. The van der Waals surface area contributed by atoms with Crippen LogP contribution in [-0.2, 0) is 9.53 Å². The van der Waals surface area contributed by atoms with Gasteiger partial charge in [-0.25, -0.2) is 4.79 Å². The number of hydrogen-bond acceptors (Lipinski definition) is 6. The minimum absolute atomic E-state index is 0.116. The third kappa shape index (κ3) is 4.26. The molecule has 0 radical (unpaired) electrons. The molecule has 0 saturated carbocycles. The van der Waals surface area contributed by atoms with Gasteiger partial charge in [-0.1, -0.05) is 0 Å². The molecular formula is C18H28N6O4. The van der Waals surface area contributed by atoms with E-state index in [1.54, 1.807) is 30.6 Å². The molecule has 2 aliphatic heterocycles. The van der Waals surface area contributed by atoms with Crippen LogP contribution < -0.4 is 5.32 Å². The van der Waals surface area contributed by atoms with Gasteiger partial charge in [-0.05, 0) is 47.0 Å². The van der Waals surface area contributed by atoms with Crippen molar-refractivity contribution >= 4 is 23.7 Å². The number of anilines is 1. The monoisotopic (exact) mass is 392 g/mol. The average Bonchev–Trinajstić information content (AvgIpc) is 3.33. The van der Waals surface area contributed by atoms with Crippen molar-refractivity contribution in [1.82, 2.24) is 25.2 Å².